The first kappa shape index (κ1) is 35.8. The summed E-state index contributed by atoms with van der Waals surface area (Å²) in [6, 6.07) is 14.4. The van der Waals surface area contributed by atoms with Crippen LogP contribution in [0.15, 0.2) is 65.6 Å². The number of terminal acetylenes is 1. The number of hydrogen-bond donors (Lipinski definition) is 1. The lowest BCUT2D eigenvalue weighted by Crippen LogP contribution is -2.60. The highest BCUT2D eigenvalue weighted by Crippen LogP contribution is 2.47. The lowest BCUT2D eigenvalue weighted by Gasteiger charge is -2.40. The molecule has 4 saturated heterocycles. The van der Waals surface area contributed by atoms with Gasteiger partial charge in [-0.25, -0.2) is 8.78 Å². The van der Waals surface area contributed by atoms with Crippen molar-refractivity contribution in [1.82, 2.24) is 20.2 Å². The molecule has 10 rings (SSSR count). The zero-order valence-corrected chi connectivity index (χ0v) is 31.3. The first-order chi connectivity index (χ1) is 27.5. The molecule has 5 aromatic rings. The molecule has 4 fully saturated rings. The molecule has 5 atom stereocenters. The Kier molecular flexibility index (Phi) is 8.29. The van der Waals surface area contributed by atoms with E-state index in [1.165, 1.54) is 24.3 Å². The van der Waals surface area contributed by atoms with Gasteiger partial charge in [0, 0.05) is 54.2 Å². The van der Waals surface area contributed by atoms with Gasteiger partial charge in [0.15, 0.2) is 10.7 Å². The molecule has 5 aliphatic heterocycles. The smallest absolute Gasteiger partial charge is 0.346 e. The lowest BCUT2D eigenvalue weighted by atomic mass is 9.93. The third-order valence-corrected chi connectivity index (χ3v) is 13.5. The number of rotatable bonds is 8. The Morgan fingerprint density at radius 3 is 2.79 bits per heavy atom. The summed E-state index contributed by atoms with van der Waals surface area (Å²) in [5.74, 6) is 2.45. The van der Waals surface area contributed by atoms with Gasteiger partial charge >= 0.3 is 16.1 Å². The molecule has 4 aromatic carbocycles. The second-order valence-corrected chi connectivity index (χ2v) is 17.0. The molecule has 0 amide bonds. The number of alkyl halides is 1. The van der Waals surface area contributed by atoms with Gasteiger partial charge in [0.05, 0.1) is 21.9 Å². The third kappa shape index (κ3) is 5.81. The zero-order valence-electron chi connectivity index (χ0n) is 30.5. The maximum Gasteiger partial charge on any atom is 0.346 e. The molecule has 1 N–H and O–H groups in total. The predicted molar refractivity (Wildman–Crippen MR) is 206 cm³/mol. The topological polar surface area (TPSA) is 149 Å². The molecule has 0 saturated carbocycles. The molecule has 6 heterocycles. The quantitative estimate of drug-likeness (QED) is 0.0863. The number of ether oxygens (including phenoxy) is 2. The number of nitro benzene ring substituents is 1. The van der Waals surface area contributed by atoms with Crippen LogP contribution in [-0.2, 0) is 10.1 Å². The van der Waals surface area contributed by atoms with E-state index in [-0.39, 0.29) is 59.7 Å². The van der Waals surface area contributed by atoms with E-state index < -0.39 is 43.2 Å². The number of nitro groups is 1. The maximum absolute atomic E-state index is 17.6. The highest BCUT2D eigenvalue weighted by atomic mass is 32.2. The van der Waals surface area contributed by atoms with Crippen LogP contribution in [0.3, 0.4) is 0 Å². The van der Waals surface area contributed by atoms with Gasteiger partial charge in [0.1, 0.15) is 42.2 Å². The van der Waals surface area contributed by atoms with Crippen molar-refractivity contribution in [3.05, 3.63) is 82.2 Å². The van der Waals surface area contributed by atoms with E-state index in [2.05, 4.69) is 26.0 Å². The summed E-state index contributed by atoms with van der Waals surface area (Å²) in [7, 11) is -4.75. The van der Waals surface area contributed by atoms with Crippen molar-refractivity contribution in [2.45, 2.75) is 66.8 Å². The van der Waals surface area contributed by atoms with Crippen LogP contribution in [-0.4, -0.2) is 90.9 Å². The number of aromatic nitrogens is 2. The molecule has 2 bridgehead atoms. The second kappa shape index (κ2) is 13.2. The van der Waals surface area contributed by atoms with Crippen molar-refractivity contribution in [2.24, 2.45) is 0 Å². The van der Waals surface area contributed by atoms with Crippen LogP contribution in [0.25, 0.3) is 32.8 Å². The number of nitrogens with one attached hydrogen (secondary N) is 1. The zero-order chi connectivity index (χ0) is 39.2. The third-order valence-electron chi connectivity index (χ3n) is 12.2. The Labute approximate surface area is 326 Å². The minimum absolute atomic E-state index is 0.00881. The predicted octanol–water partition coefficient (Wildman–Crippen LogP) is 5.90. The molecule has 1 aromatic heterocycles. The van der Waals surface area contributed by atoms with Crippen molar-refractivity contribution in [3.8, 4) is 41.0 Å². The van der Waals surface area contributed by atoms with Gasteiger partial charge in [-0.3, -0.25) is 15.0 Å². The number of para-hydroxylation sites is 1. The van der Waals surface area contributed by atoms with Crippen LogP contribution in [0.5, 0.6) is 17.5 Å². The van der Waals surface area contributed by atoms with Crippen LogP contribution in [0.2, 0.25) is 0 Å². The van der Waals surface area contributed by atoms with E-state index in [0.717, 1.165) is 44.4 Å². The van der Waals surface area contributed by atoms with Crippen LogP contribution in [0, 0.1) is 28.3 Å². The SMILES string of the molecule is C#Cc1cccc2cc(OS(=O)(=O)c3ccccc3[N+](=O)[O-])cc(-c3cc4c5c(nc(OC[C@@]67CCCN6C[C@H](F)C7)nc5c3F)N3C[C@H]5CC[C@H](N5)[C@H]3CO4)c12. The van der Waals surface area contributed by atoms with E-state index in [9.17, 15) is 22.9 Å². The molecule has 57 heavy (non-hydrogen) atoms. The second-order valence-electron chi connectivity index (χ2n) is 15.5. The van der Waals surface area contributed by atoms with Crippen molar-refractivity contribution >= 4 is 43.3 Å². The molecule has 0 spiro atoms. The average Bonchev–Trinajstić information content (AvgIpc) is 3.84. The molecular weight excluding hydrogens is 759 g/mol. The number of fused-ring (bicyclic) bond motifs is 7. The van der Waals surface area contributed by atoms with Crippen molar-refractivity contribution < 1.29 is 35.8 Å². The summed E-state index contributed by atoms with van der Waals surface area (Å²) in [6.45, 7) is 2.14. The number of nitrogens with zero attached hydrogens (tertiary/aromatic N) is 5. The van der Waals surface area contributed by atoms with Gasteiger partial charge < -0.3 is 23.9 Å². The van der Waals surface area contributed by atoms with Crippen molar-refractivity contribution in [3.63, 3.8) is 0 Å². The van der Waals surface area contributed by atoms with Gasteiger partial charge in [-0.1, -0.05) is 30.2 Å². The molecule has 5 aliphatic rings. The fourth-order valence-corrected chi connectivity index (χ4v) is 10.8. The molecule has 16 heteroatoms. The number of piperazine rings is 1. The summed E-state index contributed by atoms with van der Waals surface area (Å²) >= 11 is 0. The summed E-state index contributed by atoms with van der Waals surface area (Å²) in [4.78, 5) is 24.2. The van der Waals surface area contributed by atoms with E-state index in [0.29, 0.717) is 52.8 Å². The Hall–Kier alpha value is -5.63. The normalized spacial score (nSPS) is 25.1. The van der Waals surface area contributed by atoms with Crippen molar-refractivity contribution in [1.29, 1.82) is 0 Å². The van der Waals surface area contributed by atoms with Gasteiger partial charge in [-0.2, -0.15) is 18.4 Å². The number of anilines is 1. The molecule has 0 aliphatic carbocycles. The van der Waals surface area contributed by atoms with Crippen molar-refractivity contribution in [2.75, 3.05) is 37.7 Å². The first-order valence-corrected chi connectivity index (χ1v) is 20.4. The first-order valence-electron chi connectivity index (χ1n) is 19.0. The molecule has 0 unspecified atom stereocenters. The highest BCUT2D eigenvalue weighted by molar-refractivity contribution is 7.87. The summed E-state index contributed by atoms with van der Waals surface area (Å²) in [5, 5.41) is 16.7. The van der Waals surface area contributed by atoms with Gasteiger partial charge in [-0.05, 0) is 73.5 Å². The van der Waals surface area contributed by atoms with Gasteiger partial charge in [0.2, 0.25) is 0 Å². The van der Waals surface area contributed by atoms with E-state index >= 15 is 4.39 Å². The van der Waals surface area contributed by atoms with Gasteiger partial charge in [-0.15, -0.1) is 6.42 Å². The van der Waals surface area contributed by atoms with E-state index in [1.807, 2.05) is 0 Å². The fraction of sp³-hybridized carbons (Fsp3) is 0.366. The monoisotopic (exact) mass is 794 g/mol. The van der Waals surface area contributed by atoms with E-state index in [1.54, 1.807) is 24.3 Å². The molecule has 13 nitrogen and oxygen atoms in total. The number of halogens is 2. The maximum atomic E-state index is 17.6. The standard InChI is InChI=1S/C41H36F2N6O7S/c1-2-23-7-5-8-24-15-27(56-57(52,53)34-10-4-3-9-31(34)49(50)51)16-28(35(23)24)29-17-33-36-38(37(29)43)45-40(55-22-41-13-6-14-47(41)19-25(42)18-41)46-39(36)48-20-26-11-12-30(44-26)32(48)21-54-33/h1,3-5,7-10,15-17,25-26,30,32,44H,6,11-14,18-22H2/t25-,26-,30+,32-,41+/m1/s1. The molecule has 0 radical (unpaired) electrons. The lowest BCUT2D eigenvalue weighted by molar-refractivity contribution is -0.387. The molecular formula is C41H36F2N6O7S. The van der Waals surface area contributed by atoms with Crippen LogP contribution < -0.4 is 23.9 Å². The van der Waals surface area contributed by atoms with Crippen LogP contribution in [0.1, 0.15) is 37.7 Å². The summed E-state index contributed by atoms with van der Waals surface area (Å²) < 4.78 is 78.0. The Balaban J connectivity index is 1.15. The average molecular weight is 795 g/mol. The molecule has 292 valence electrons. The van der Waals surface area contributed by atoms with Gasteiger partial charge in [0.25, 0.3) is 5.69 Å². The minimum atomic E-state index is -4.75. The van der Waals surface area contributed by atoms with Crippen LogP contribution >= 0.6 is 0 Å². The summed E-state index contributed by atoms with van der Waals surface area (Å²) in [5.41, 5.74) is -0.662. The minimum Gasteiger partial charge on any atom is -0.491 e. The highest BCUT2D eigenvalue weighted by Gasteiger charge is 2.50. The van der Waals surface area contributed by atoms with E-state index in [4.69, 9.17) is 25.1 Å². The summed E-state index contributed by atoms with van der Waals surface area (Å²) in [6.07, 6.45) is 8.95. The fourth-order valence-electron chi connectivity index (χ4n) is 9.72. The Bertz CT molecular complexity index is 2680. The Morgan fingerprint density at radius 2 is 1.95 bits per heavy atom. The largest absolute Gasteiger partial charge is 0.491 e. The number of hydrogen-bond acceptors (Lipinski definition) is 12. The number of benzene rings is 4. The Morgan fingerprint density at radius 1 is 1.09 bits per heavy atom. The van der Waals surface area contributed by atoms with Crippen LogP contribution in [0.4, 0.5) is 20.3 Å².